The molecule has 9 heteroatoms. The van der Waals surface area contributed by atoms with E-state index in [0.717, 1.165) is 34.0 Å². The van der Waals surface area contributed by atoms with E-state index < -0.39 is 10.8 Å². The molecule has 144 valence electrons. The standard InChI is InChI=1S/C19H18N4O4S/c1-11-4-5-15(16(9-11)23(25)26)20-17(24)10-28-19-22-21-18(27-19)14-7-12(2)6-13(3)8-14/h4-9H,10H2,1-3H3,(H,20,24). The van der Waals surface area contributed by atoms with E-state index in [9.17, 15) is 14.9 Å². The smallest absolute Gasteiger partial charge is 0.293 e. The number of anilines is 1. The van der Waals surface area contributed by atoms with E-state index in [4.69, 9.17) is 4.42 Å². The third kappa shape index (κ3) is 4.74. The first kappa shape index (κ1) is 19.6. The van der Waals surface area contributed by atoms with Gasteiger partial charge in [-0.2, -0.15) is 0 Å². The number of aromatic nitrogens is 2. The highest BCUT2D eigenvalue weighted by atomic mass is 32.2. The van der Waals surface area contributed by atoms with Gasteiger partial charge in [-0.05, 0) is 44.5 Å². The van der Waals surface area contributed by atoms with Crippen LogP contribution >= 0.6 is 11.8 Å². The molecule has 0 saturated heterocycles. The molecule has 0 fully saturated rings. The SMILES string of the molecule is Cc1cc(C)cc(-c2nnc(SCC(=O)Nc3ccc(C)cc3[N+](=O)[O-])o2)c1. The topological polar surface area (TPSA) is 111 Å². The van der Waals surface area contributed by atoms with Gasteiger partial charge in [-0.1, -0.05) is 35.0 Å². The second-order valence-electron chi connectivity index (χ2n) is 6.36. The summed E-state index contributed by atoms with van der Waals surface area (Å²) in [5.74, 6) is -0.0357. The van der Waals surface area contributed by atoms with Gasteiger partial charge in [-0.25, -0.2) is 0 Å². The van der Waals surface area contributed by atoms with Crippen LogP contribution in [0.3, 0.4) is 0 Å². The van der Waals surface area contributed by atoms with Gasteiger partial charge in [0.15, 0.2) is 0 Å². The monoisotopic (exact) mass is 398 g/mol. The van der Waals surface area contributed by atoms with Crippen molar-refractivity contribution in [3.8, 4) is 11.5 Å². The molecule has 0 saturated carbocycles. The van der Waals surface area contributed by atoms with Crippen molar-refractivity contribution in [1.29, 1.82) is 0 Å². The number of hydrogen-bond donors (Lipinski definition) is 1. The van der Waals surface area contributed by atoms with Crippen LogP contribution < -0.4 is 5.32 Å². The average molecular weight is 398 g/mol. The molecular weight excluding hydrogens is 380 g/mol. The van der Waals surface area contributed by atoms with E-state index in [0.29, 0.717) is 5.89 Å². The van der Waals surface area contributed by atoms with Crippen molar-refractivity contribution in [2.24, 2.45) is 0 Å². The largest absolute Gasteiger partial charge is 0.411 e. The highest BCUT2D eigenvalue weighted by Crippen LogP contribution is 2.27. The summed E-state index contributed by atoms with van der Waals surface area (Å²) < 4.78 is 5.61. The Morgan fingerprint density at radius 3 is 2.50 bits per heavy atom. The first-order valence-electron chi connectivity index (χ1n) is 8.41. The van der Waals surface area contributed by atoms with Crippen molar-refractivity contribution in [3.05, 3.63) is 63.2 Å². The Balaban J connectivity index is 1.64. The number of nitro groups is 1. The number of aryl methyl sites for hydroxylation is 3. The van der Waals surface area contributed by atoms with Crippen LogP contribution in [0.2, 0.25) is 0 Å². The van der Waals surface area contributed by atoms with Gasteiger partial charge in [0, 0.05) is 11.6 Å². The number of benzene rings is 2. The van der Waals surface area contributed by atoms with Crippen LogP contribution in [-0.4, -0.2) is 26.8 Å². The minimum Gasteiger partial charge on any atom is -0.411 e. The number of rotatable bonds is 6. The van der Waals surface area contributed by atoms with Gasteiger partial charge in [-0.3, -0.25) is 14.9 Å². The zero-order chi connectivity index (χ0) is 20.3. The zero-order valence-electron chi connectivity index (χ0n) is 15.6. The predicted molar refractivity (Wildman–Crippen MR) is 106 cm³/mol. The van der Waals surface area contributed by atoms with Gasteiger partial charge in [0.25, 0.3) is 10.9 Å². The van der Waals surface area contributed by atoms with E-state index >= 15 is 0 Å². The molecule has 0 radical (unpaired) electrons. The Hall–Kier alpha value is -3.20. The van der Waals surface area contributed by atoms with E-state index in [2.05, 4.69) is 15.5 Å². The maximum atomic E-state index is 12.2. The summed E-state index contributed by atoms with van der Waals surface area (Å²) in [4.78, 5) is 22.8. The Morgan fingerprint density at radius 2 is 1.82 bits per heavy atom. The summed E-state index contributed by atoms with van der Waals surface area (Å²) in [6.07, 6.45) is 0. The molecule has 0 unspecified atom stereocenters. The number of thioether (sulfide) groups is 1. The highest BCUT2D eigenvalue weighted by Gasteiger charge is 2.17. The zero-order valence-corrected chi connectivity index (χ0v) is 16.4. The Morgan fingerprint density at radius 1 is 1.11 bits per heavy atom. The minimum absolute atomic E-state index is 0.0144. The van der Waals surface area contributed by atoms with Gasteiger partial charge in [0.05, 0.1) is 10.7 Å². The van der Waals surface area contributed by atoms with Crippen molar-refractivity contribution in [2.75, 3.05) is 11.1 Å². The van der Waals surface area contributed by atoms with Gasteiger partial charge in [-0.15, -0.1) is 10.2 Å². The molecule has 2 aromatic carbocycles. The van der Waals surface area contributed by atoms with Crippen LogP contribution in [-0.2, 0) is 4.79 Å². The second kappa shape index (κ2) is 8.22. The molecule has 0 aliphatic rings. The third-order valence-corrected chi connectivity index (χ3v) is 4.64. The second-order valence-corrected chi connectivity index (χ2v) is 7.29. The summed E-state index contributed by atoms with van der Waals surface area (Å²) in [5.41, 5.74) is 3.74. The van der Waals surface area contributed by atoms with Crippen LogP contribution in [0.5, 0.6) is 0 Å². The molecule has 28 heavy (non-hydrogen) atoms. The molecule has 0 aliphatic carbocycles. The number of carbonyl (C=O) groups excluding carboxylic acids is 1. The molecule has 0 bridgehead atoms. The highest BCUT2D eigenvalue weighted by molar-refractivity contribution is 7.99. The lowest BCUT2D eigenvalue weighted by Gasteiger charge is -2.05. The van der Waals surface area contributed by atoms with Crippen LogP contribution in [0.25, 0.3) is 11.5 Å². The quantitative estimate of drug-likeness (QED) is 0.374. The molecule has 3 aromatic rings. The fraction of sp³-hybridized carbons (Fsp3) is 0.211. The molecule has 0 aliphatic heterocycles. The molecule has 1 amide bonds. The molecule has 3 rings (SSSR count). The van der Waals surface area contributed by atoms with Crippen LogP contribution in [0.1, 0.15) is 16.7 Å². The van der Waals surface area contributed by atoms with Crippen molar-refractivity contribution in [1.82, 2.24) is 10.2 Å². The number of hydrogen-bond acceptors (Lipinski definition) is 7. The summed E-state index contributed by atoms with van der Waals surface area (Å²) in [6, 6.07) is 10.6. The molecule has 1 aromatic heterocycles. The van der Waals surface area contributed by atoms with Crippen molar-refractivity contribution >= 4 is 29.0 Å². The fourth-order valence-corrected chi connectivity index (χ4v) is 3.26. The van der Waals surface area contributed by atoms with E-state index in [1.807, 2.05) is 32.0 Å². The first-order valence-corrected chi connectivity index (χ1v) is 9.40. The van der Waals surface area contributed by atoms with Gasteiger partial charge >= 0.3 is 0 Å². The van der Waals surface area contributed by atoms with Crippen molar-refractivity contribution < 1.29 is 14.1 Å². The molecular formula is C19H18N4O4S. The number of nitro benzene ring substituents is 1. The Kier molecular flexibility index (Phi) is 5.74. The van der Waals surface area contributed by atoms with E-state index in [1.54, 1.807) is 13.0 Å². The first-order chi connectivity index (χ1) is 13.3. The maximum Gasteiger partial charge on any atom is 0.293 e. The lowest BCUT2D eigenvalue weighted by molar-refractivity contribution is -0.384. The maximum absolute atomic E-state index is 12.2. The van der Waals surface area contributed by atoms with Crippen molar-refractivity contribution in [2.45, 2.75) is 26.0 Å². The van der Waals surface area contributed by atoms with E-state index in [1.165, 1.54) is 12.1 Å². The predicted octanol–water partition coefficient (Wildman–Crippen LogP) is 4.30. The summed E-state index contributed by atoms with van der Waals surface area (Å²) >= 11 is 1.07. The number of amides is 1. The molecule has 1 N–H and O–H groups in total. The normalized spacial score (nSPS) is 10.7. The molecule has 0 atom stereocenters. The summed E-state index contributed by atoms with van der Waals surface area (Å²) in [6.45, 7) is 5.71. The minimum atomic E-state index is -0.524. The molecule has 0 spiro atoms. The van der Waals surface area contributed by atoms with Gasteiger partial charge in [0.1, 0.15) is 5.69 Å². The molecule has 8 nitrogen and oxygen atoms in total. The third-order valence-electron chi connectivity index (χ3n) is 3.83. The number of nitrogens with zero attached hydrogens (tertiary/aromatic N) is 3. The Labute approximate surface area is 165 Å². The van der Waals surface area contributed by atoms with Crippen LogP contribution in [0, 0.1) is 30.9 Å². The fourth-order valence-electron chi connectivity index (χ4n) is 2.69. The average Bonchev–Trinajstić information content (AvgIpc) is 3.09. The lowest BCUT2D eigenvalue weighted by Crippen LogP contribution is -2.15. The summed E-state index contributed by atoms with van der Waals surface area (Å²) in [5, 5.41) is 21.9. The van der Waals surface area contributed by atoms with Gasteiger partial charge in [0.2, 0.25) is 11.8 Å². The number of nitrogens with one attached hydrogen (secondary N) is 1. The lowest BCUT2D eigenvalue weighted by atomic mass is 10.1. The summed E-state index contributed by atoms with van der Waals surface area (Å²) in [7, 11) is 0. The van der Waals surface area contributed by atoms with Crippen LogP contribution in [0.15, 0.2) is 46.0 Å². The number of carbonyl (C=O) groups is 1. The van der Waals surface area contributed by atoms with E-state index in [-0.39, 0.29) is 22.4 Å². The molecule has 1 heterocycles. The van der Waals surface area contributed by atoms with Crippen molar-refractivity contribution in [3.63, 3.8) is 0 Å². The van der Waals surface area contributed by atoms with Gasteiger partial charge < -0.3 is 9.73 Å². The Bertz CT molecular complexity index is 1030. The van der Waals surface area contributed by atoms with Crippen LogP contribution in [0.4, 0.5) is 11.4 Å².